The van der Waals surface area contributed by atoms with Crippen molar-refractivity contribution >= 4 is 17.9 Å². The van der Waals surface area contributed by atoms with Gasteiger partial charge in [-0.05, 0) is 12.1 Å². The van der Waals surface area contributed by atoms with E-state index in [9.17, 15) is 19.7 Å². The SMILES string of the molecule is COc1ccc(-c2nn(CCC(=O)O)cc2C=O)cc1[N+](=O)[O-]. The number of aryl methyl sites for hydroxylation is 1. The van der Waals surface area contributed by atoms with Crippen LogP contribution in [0.15, 0.2) is 24.4 Å². The molecule has 1 aromatic carbocycles. The summed E-state index contributed by atoms with van der Waals surface area (Å²) in [6.45, 7) is 0.0917. The van der Waals surface area contributed by atoms with E-state index in [1.165, 1.54) is 30.1 Å². The lowest BCUT2D eigenvalue weighted by Gasteiger charge is -2.04. The molecule has 0 saturated heterocycles. The van der Waals surface area contributed by atoms with Gasteiger partial charge in [0.05, 0.1) is 30.6 Å². The molecule has 0 fully saturated rings. The number of ether oxygens (including phenoxy) is 1. The van der Waals surface area contributed by atoms with E-state index >= 15 is 0 Å². The number of carboxylic acids is 1. The van der Waals surface area contributed by atoms with Crippen molar-refractivity contribution in [3.63, 3.8) is 0 Å². The summed E-state index contributed by atoms with van der Waals surface area (Å²) in [4.78, 5) is 32.2. The van der Waals surface area contributed by atoms with Gasteiger partial charge in [0.15, 0.2) is 12.0 Å². The van der Waals surface area contributed by atoms with Crippen molar-refractivity contribution < 1.29 is 24.4 Å². The van der Waals surface area contributed by atoms with Crippen molar-refractivity contribution in [2.24, 2.45) is 0 Å². The van der Waals surface area contributed by atoms with E-state index in [-0.39, 0.29) is 35.7 Å². The number of carbonyl (C=O) groups is 2. The maximum Gasteiger partial charge on any atom is 0.311 e. The van der Waals surface area contributed by atoms with E-state index in [2.05, 4.69) is 5.10 Å². The molecule has 23 heavy (non-hydrogen) atoms. The number of aromatic nitrogens is 2. The van der Waals surface area contributed by atoms with Gasteiger partial charge in [-0.2, -0.15) is 5.10 Å². The van der Waals surface area contributed by atoms with Gasteiger partial charge in [0.25, 0.3) is 0 Å². The summed E-state index contributed by atoms with van der Waals surface area (Å²) in [6.07, 6.45) is 1.82. The van der Waals surface area contributed by atoms with Gasteiger partial charge in [0.2, 0.25) is 0 Å². The van der Waals surface area contributed by atoms with Crippen LogP contribution < -0.4 is 4.74 Å². The summed E-state index contributed by atoms with van der Waals surface area (Å²) in [7, 11) is 1.32. The number of nitro benzene ring substituents is 1. The number of methoxy groups -OCH3 is 1. The number of rotatable bonds is 7. The summed E-state index contributed by atoms with van der Waals surface area (Å²) >= 11 is 0. The van der Waals surface area contributed by atoms with Crippen LogP contribution in [0.4, 0.5) is 5.69 Å². The first-order chi connectivity index (χ1) is 11.0. The van der Waals surface area contributed by atoms with Gasteiger partial charge in [-0.25, -0.2) is 0 Å². The quantitative estimate of drug-likeness (QED) is 0.468. The average Bonchev–Trinajstić information content (AvgIpc) is 2.95. The molecular formula is C14H13N3O6. The second-order valence-corrected chi connectivity index (χ2v) is 4.60. The Morgan fingerprint density at radius 2 is 2.26 bits per heavy atom. The van der Waals surface area contributed by atoms with Crippen LogP contribution in [-0.4, -0.2) is 39.2 Å². The molecule has 0 amide bonds. The van der Waals surface area contributed by atoms with Gasteiger partial charge < -0.3 is 9.84 Å². The van der Waals surface area contributed by atoms with Gasteiger partial charge >= 0.3 is 11.7 Å². The van der Waals surface area contributed by atoms with Gasteiger partial charge in [-0.15, -0.1) is 0 Å². The molecule has 0 aliphatic rings. The highest BCUT2D eigenvalue weighted by Crippen LogP contribution is 2.32. The normalized spacial score (nSPS) is 10.3. The van der Waals surface area contributed by atoms with Gasteiger partial charge in [-0.1, -0.05) is 0 Å². The summed E-state index contributed by atoms with van der Waals surface area (Å²) in [6, 6.07) is 4.22. The Labute approximate surface area is 130 Å². The molecule has 0 unspecified atom stereocenters. The zero-order chi connectivity index (χ0) is 17.0. The fourth-order valence-electron chi connectivity index (χ4n) is 2.05. The number of nitrogens with zero attached hydrogens (tertiary/aromatic N) is 3. The second kappa shape index (κ2) is 6.69. The topological polar surface area (TPSA) is 125 Å². The summed E-state index contributed by atoms with van der Waals surface area (Å²) in [5.74, 6) is -0.897. The first-order valence-electron chi connectivity index (χ1n) is 6.53. The molecule has 9 heteroatoms. The molecule has 1 N–H and O–H groups in total. The van der Waals surface area contributed by atoms with Crippen molar-refractivity contribution in [2.75, 3.05) is 7.11 Å². The number of carbonyl (C=O) groups excluding carboxylic acids is 1. The molecule has 0 bridgehead atoms. The third-order valence-electron chi connectivity index (χ3n) is 3.12. The predicted octanol–water partition coefficient (Wildman–Crippen LogP) is 1.75. The number of carboxylic acid groups (broad SMARTS) is 1. The second-order valence-electron chi connectivity index (χ2n) is 4.60. The number of nitro groups is 1. The van der Waals surface area contributed by atoms with Crippen molar-refractivity contribution in [1.82, 2.24) is 9.78 Å². The van der Waals surface area contributed by atoms with Crippen molar-refractivity contribution in [3.05, 3.63) is 40.1 Å². The molecule has 0 radical (unpaired) electrons. The highest BCUT2D eigenvalue weighted by atomic mass is 16.6. The number of aldehydes is 1. The molecule has 0 aliphatic heterocycles. The van der Waals surface area contributed by atoms with Gasteiger partial charge in [0.1, 0.15) is 5.69 Å². The summed E-state index contributed by atoms with van der Waals surface area (Å²) in [5.41, 5.74) is 0.585. The van der Waals surface area contributed by atoms with Crippen LogP contribution in [0.1, 0.15) is 16.8 Å². The molecule has 0 aliphatic carbocycles. The standard InChI is InChI=1S/C14H13N3O6/c1-23-12-3-2-9(6-11(12)17(21)22)14-10(8-18)7-16(15-14)5-4-13(19)20/h2-3,6-8H,4-5H2,1H3,(H,19,20). The first-order valence-corrected chi connectivity index (χ1v) is 6.53. The largest absolute Gasteiger partial charge is 0.490 e. The zero-order valence-corrected chi connectivity index (χ0v) is 12.1. The molecule has 2 aromatic rings. The smallest absolute Gasteiger partial charge is 0.311 e. The molecule has 1 aromatic heterocycles. The Hall–Kier alpha value is -3.23. The number of hydrogen-bond donors (Lipinski definition) is 1. The molecule has 120 valence electrons. The van der Waals surface area contributed by atoms with Crippen LogP contribution >= 0.6 is 0 Å². The van der Waals surface area contributed by atoms with Crippen molar-refractivity contribution in [2.45, 2.75) is 13.0 Å². The monoisotopic (exact) mass is 319 g/mol. The summed E-state index contributed by atoms with van der Waals surface area (Å²) < 4.78 is 6.24. The van der Waals surface area contributed by atoms with Crippen LogP contribution in [0.25, 0.3) is 11.3 Å². The lowest BCUT2D eigenvalue weighted by Crippen LogP contribution is -2.04. The Kier molecular flexibility index (Phi) is 4.69. The Morgan fingerprint density at radius 1 is 1.52 bits per heavy atom. The third kappa shape index (κ3) is 3.51. The first kappa shape index (κ1) is 16.1. The molecular weight excluding hydrogens is 306 g/mol. The van der Waals surface area contributed by atoms with E-state index in [0.717, 1.165) is 0 Å². The van der Waals surface area contributed by atoms with E-state index in [1.807, 2.05) is 0 Å². The minimum Gasteiger partial charge on any atom is -0.490 e. The Morgan fingerprint density at radius 3 is 2.83 bits per heavy atom. The molecule has 9 nitrogen and oxygen atoms in total. The molecule has 2 rings (SSSR count). The van der Waals surface area contributed by atoms with E-state index in [4.69, 9.17) is 9.84 Å². The van der Waals surface area contributed by atoms with Crippen molar-refractivity contribution in [3.8, 4) is 17.0 Å². The van der Waals surface area contributed by atoms with Gasteiger partial charge in [-0.3, -0.25) is 24.4 Å². The van der Waals surface area contributed by atoms with E-state index in [1.54, 1.807) is 6.07 Å². The van der Waals surface area contributed by atoms with E-state index in [0.29, 0.717) is 11.8 Å². The fraction of sp³-hybridized carbons (Fsp3) is 0.214. The van der Waals surface area contributed by atoms with Crippen molar-refractivity contribution in [1.29, 1.82) is 0 Å². The number of hydrogen-bond acceptors (Lipinski definition) is 6. The number of aliphatic carboxylic acids is 1. The van der Waals surface area contributed by atoms with Crippen LogP contribution in [0.2, 0.25) is 0 Å². The van der Waals surface area contributed by atoms with Crippen LogP contribution in [0.5, 0.6) is 5.75 Å². The lowest BCUT2D eigenvalue weighted by molar-refractivity contribution is -0.385. The maximum atomic E-state index is 11.2. The fourth-order valence-corrected chi connectivity index (χ4v) is 2.05. The number of benzene rings is 1. The average molecular weight is 319 g/mol. The minimum atomic E-state index is -0.991. The highest BCUT2D eigenvalue weighted by molar-refractivity contribution is 5.86. The van der Waals surface area contributed by atoms with Crippen LogP contribution in [0, 0.1) is 10.1 Å². The summed E-state index contributed by atoms with van der Waals surface area (Å²) in [5, 5.41) is 23.9. The zero-order valence-electron chi connectivity index (χ0n) is 12.1. The van der Waals surface area contributed by atoms with E-state index < -0.39 is 10.9 Å². The Bertz CT molecular complexity index is 768. The predicted molar refractivity (Wildman–Crippen MR) is 78.5 cm³/mol. The maximum absolute atomic E-state index is 11.2. The van der Waals surface area contributed by atoms with Crippen LogP contribution in [-0.2, 0) is 11.3 Å². The third-order valence-corrected chi connectivity index (χ3v) is 3.12. The molecule has 0 spiro atoms. The van der Waals surface area contributed by atoms with Crippen LogP contribution in [0.3, 0.4) is 0 Å². The van der Waals surface area contributed by atoms with Gasteiger partial charge in [0, 0.05) is 17.8 Å². The highest BCUT2D eigenvalue weighted by Gasteiger charge is 2.19. The molecule has 1 heterocycles. The molecule has 0 saturated carbocycles. The minimum absolute atomic E-state index is 0.0917. The molecule has 0 atom stereocenters. The lowest BCUT2D eigenvalue weighted by atomic mass is 10.1. The Balaban J connectivity index is 2.44.